The molecule has 1 amide bonds. The van der Waals surface area contributed by atoms with Gasteiger partial charge in [0, 0.05) is 19.7 Å². The van der Waals surface area contributed by atoms with Crippen LogP contribution >= 0.6 is 0 Å². The Morgan fingerprint density at radius 2 is 2.13 bits per heavy atom. The molecule has 0 bridgehead atoms. The van der Waals surface area contributed by atoms with Gasteiger partial charge in [0.05, 0.1) is 19.3 Å². The van der Waals surface area contributed by atoms with Gasteiger partial charge in [0.2, 0.25) is 5.91 Å². The first kappa shape index (κ1) is 14.3. The van der Waals surface area contributed by atoms with Crippen LogP contribution in [0.15, 0.2) is 0 Å². The number of carbonyl (C=O) groups is 1. The predicted molar refractivity (Wildman–Crippen MR) is 58.6 cm³/mol. The molecule has 90 valence electrons. The lowest BCUT2D eigenvalue weighted by molar-refractivity contribution is -0.120. The van der Waals surface area contributed by atoms with Crippen molar-refractivity contribution in [2.75, 3.05) is 26.8 Å². The van der Waals surface area contributed by atoms with Crippen LogP contribution in [-0.4, -0.2) is 50.0 Å². The normalized spacial score (nSPS) is 14.7. The number of hydrogen-bond acceptors (Lipinski definition) is 4. The second-order valence-electron chi connectivity index (χ2n) is 3.71. The molecule has 0 aliphatic heterocycles. The van der Waals surface area contributed by atoms with Gasteiger partial charge in [0.1, 0.15) is 0 Å². The van der Waals surface area contributed by atoms with Crippen LogP contribution in [0.3, 0.4) is 0 Å². The molecule has 0 radical (unpaired) electrons. The fourth-order valence-electron chi connectivity index (χ4n) is 1.22. The monoisotopic (exact) mass is 218 g/mol. The Labute approximate surface area is 91.2 Å². The molecule has 0 aliphatic rings. The third-order valence-corrected chi connectivity index (χ3v) is 1.93. The Morgan fingerprint density at radius 1 is 1.47 bits per heavy atom. The summed E-state index contributed by atoms with van der Waals surface area (Å²) in [4.78, 5) is 11.2. The van der Waals surface area contributed by atoms with E-state index in [9.17, 15) is 4.79 Å². The van der Waals surface area contributed by atoms with Crippen molar-refractivity contribution in [3.63, 3.8) is 0 Å². The first-order valence-electron chi connectivity index (χ1n) is 5.23. The number of aliphatic hydroxyl groups excluding tert-OH is 1. The second kappa shape index (κ2) is 8.64. The molecular weight excluding hydrogens is 196 g/mol. The SMILES string of the molecule is COCCNC(=O)CNC(C)CC(C)O. The molecule has 2 unspecified atom stereocenters. The Hall–Kier alpha value is -0.650. The van der Waals surface area contributed by atoms with Gasteiger partial charge >= 0.3 is 0 Å². The number of amides is 1. The first-order chi connectivity index (χ1) is 7.06. The van der Waals surface area contributed by atoms with Crippen LogP contribution in [0.25, 0.3) is 0 Å². The number of methoxy groups -OCH3 is 1. The van der Waals surface area contributed by atoms with Gasteiger partial charge in [0.25, 0.3) is 0 Å². The van der Waals surface area contributed by atoms with Gasteiger partial charge in [-0.25, -0.2) is 0 Å². The minimum Gasteiger partial charge on any atom is -0.393 e. The molecule has 0 aromatic rings. The molecule has 0 fully saturated rings. The molecule has 0 rings (SSSR count). The largest absolute Gasteiger partial charge is 0.393 e. The van der Waals surface area contributed by atoms with Crippen molar-refractivity contribution in [1.29, 1.82) is 0 Å². The molecule has 0 aromatic carbocycles. The lowest BCUT2D eigenvalue weighted by Gasteiger charge is -2.14. The highest BCUT2D eigenvalue weighted by Gasteiger charge is 2.07. The fourth-order valence-corrected chi connectivity index (χ4v) is 1.22. The van der Waals surface area contributed by atoms with Crippen LogP contribution < -0.4 is 10.6 Å². The molecule has 0 spiro atoms. The van der Waals surface area contributed by atoms with Gasteiger partial charge in [-0.15, -0.1) is 0 Å². The van der Waals surface area contributed by atoms with Crippen LogP contribution in [-0.2, 0) is 9.53 Å². The smallest absolute Gasteiger partial charge is 0.234 e. The third-order valence-electron chi connectivity index (χ3n) is 1.93. The van der Waals surface area contributed by atoms with E-state index in [1.807, 2.05) is 6.92 Å². The van der Waals surface area contributed by atoms with Crippen molar-refractivity contribution in [3.05, 3.63) is 0 Å². The lowest BCUT2D eigenvalue weighted by Crippen LogP contribution is -2.40. The summed E-state index contributed by atoms with van der Waals surface area (Å²) in [5.74, 6) is -0.0514. The van der Waals surface area contributed by atoms with Crippen LogP contribution in [0.2, 0.25) is 0 Å². The number of aliphatic hydroxyl groups is 1. The molecular formula is C10H22N2O3. The fraction of sp³-hybridized carbons (Fsp3) is 0.900. The van der Waals surface area contributed by atoms with Crippen molar-refractivity contribution in [2.45, 2.75) is 32.4 Å². The summed E-state index contributed by atoms with van der Waals surface area (Å²) in [6.45, 7) is 5.00. The van der Waals surface area contributed by atoms with E-state index in [4.69, 9.17) is 9.84 Å². The second-order valence-corrected chi connectivity index (χ2v) is 3.71. The van der Waals surface area contributed by atoms with Crippen molar-refractivity contribution in [2.24, 2.45) is 0 Å². The molecule has 15 heavy (non-hydrogen) atoms. The van der Waals surface area contributed by atoms with E-state index in [2.05, 4.69) is 10.6 Å². The molecule has 0 heterocycles. The number of nitrogens with one attached hydrogen (secondary N) is 2. The van der Waals surface area contributed by atoms with Gasteiger partial charge in [0.15, 0.2) is 0 Å². The highest BCUT2D eigenvalue weighted by Crippen LogP contribution is 1.95. The van der Waals surface area contributed by atoms with Crippen LogP contribution in [0.4, 0.5) is 0 Å². The number of carbonyl (C=O) groups excluding carboxylic acids is 1. The maximum absolute atomic E-state index is 11.2. The Balaban J connectivity index is 3.44. The quantitative estimate of drug-likeness (QED) is 0.480. The van der Waals surface area contributed by atoms with Gasteiger partial charge in [-0.2, -0.15) is 0 Å². The summed E-state index contributed by atoms with van der Waals surface area (Å²) >= 11 is 0. The standard InChI is InChI=1S/C10H22N2O3/c1-8(6-9(2)13)12-7-10(14)11-4-5-15-3/h8-9,12-13H,4-7H2,1-3H3,(H,11,14). The summed E-state index contributed by atoms with van der Waals surface area (Å²) in [5.41, 5.74) is 0. The summed E-state index contributed by atoms with van der Waals surface area (Å²) in [6, 6.07) is 0.137. The molecule has 5 nitrogen and oxygen atoms in total. The Kier molecular flexibility index (Phi) is 8.27. The van der Waals surface area contributed by atoms with Gasteiger partial charge in [-0.1, -0.05) is 0 Å². The molecule has 5 heteroatoms. The summed E-state index contributed by atoms with van der Waals surface area (Å²) in [5, 5.41) is 14.8. The number of hydrogen-bond donors (Lipinski definition) is 3. The van der Waals surface area contributed by atoms with Crippen molar-refractivity contribution in [1.82, 2.24) is 10.6 Å². The summed E-state index contributed by atoms with van der Waals surface area (Å²) in [6.07, 6.45) is 0.301. The van der Waals surface area contributed by atoms with Crippen molar-refractivity contribution in [3.8, 4) is 0 Å². The van der Waals surface area contributed by atoms with Crippen molar-refractivity contribution >= 4 is 5.91 Å². The topological polar surface area (TPSA) is 70.6 Å². The van der Waals surface area contributed by atoms with Crippen LogP contribution in [0.5, 0.6) is 0 Å². The third kappa shape index (κ3) is 9.65. The maximum Gasteiger partial charge on any atom is 0.234 e. The van der Waals surface area contributed by atoms with E-state index >= 15 is 0 Å². The molecule has 0 saturated carbocycles. The molecule has 3 N–H and O–H groups in total. The minimum atomic E-state index is -0.343. The lowest BCUT2D eigenvalue weighted by atomic mass is 10.1. The van der Waals surface area contributed by atoms with Gasteiger partial charge < -0.3 is 20.5 Å². The van der Waals surface area contributed by atoms with E-state index < -0.39 is 0 Å². The predicted octanol–water partition coefficient (Wildman–Crippen LogP) is -0.502. The minimum absolute atomic E-state index is 0.0514. The average Bonchev–Trinajstić information content (AvgIpc) is 2.14. The van der Waals surface area contributed by atoms with Gasteiger partial charge in [-0.3, -0.25) is 4.79 Å². The van der Waals surface area contributed by atoms with Crippen LogP contribution in [0, 0.1) is 0 Å². The van der Waals surface area contributed by atoms with Gasteiger partial charge in [-0.05, 0) is 20.3 Å². The van der Waals surface area contributed by atoms with E-state index in [1.165, 1.54) is 0 Å². The molecule has 0 saturated heterocycles. The van der Waals surface area contributed by atoms with E-state index in [1.54, 1.807) is 14.0 Å². The summed E-state index contributed by atoms with van der Waals surface area (Å²) < 4.78 is 4.80. The molecule has 0 aliphatic carbocycles. The highest BCUT2D eigenvalue weighted by atomic mass is 16.5. The zero-order chi connectivity index (χ0) is 11.7. The van der Waals surface area contributed by atoms with E-state index in [-0.39, 0.29) is 24.6 Å². The molecule has 2 atom stereocenters. The van der Waals surface area contributed by atoms with E-state index in [0.29, 0.717) is 19.6 Å². The number of ether oxygens (including phenoxy) is 1. The van der Waals surface area contributed by atoms with Crippen molar-refractivity contribution < 1.29 is 14.6 Å². The Morgan fingerprint density at radius 3 is 2.67 bits per heavy atom. The molecule has 0 aromatic heterocycles. The Bertz CT molecular complexity index is 174. The van der Waals surface area contributed by atoms with Crippen LogP contribution in [0.1, 0.15) is 20.3 Å². The zero-order valence-electron chi connectivity index (χ0n) is 9.75. The maximum atomic E-state index is 11.2. The number of rotatable bonds is 8. The first-order valence-corrected chi connectivity index (χ1v) is 5.23. The average molecular weight is 218 g/mol. The summed E-state index contributed by atoms with van der Waals surface area (Å²) in [7, 11) is 1.59. The zero-order valence-corrected chi connectivity index (χ0v) is 9.75. The van der Waals surface area contributed by atoms with E-state index in [0.717, 1.165) is 0 Å². The highest BCUT2D eigenvalue weighted by molar-refractivity contribution is 5.77.